The van der Waals surface area contributed by atoms with Crippen molar-refractivity contribution >= 4 is 23.4 Å². The van der Waals surface area contributed by atoms with Gasteiger partial charge in [0.2, 0.25) is 5.91 Å². The number of piperidine rings is 1. The molecule has 0 radical (unpaired) electrons. The first-order chi connectivity index (χ1) is 15.4. The van der Waals surface area contributed by atoms with Gasteiger partial charge in [-0.15, -0.1) is 0 Å². The topological polar surface area (TPSA) is 62.3 Å². The van der Waals surface area contributed by atoms with Gasteiger partial charge in [0.1, 0.15) is 23.8 Å². The summed E-state index contributed by atoms with van der Waals surface area (Å²) in [7, 11) is 1.74. The Morgan fingerprint density at radius 2 is 1.78 bits per heavy atom. The zero-order chi connectivity index (χ0) is 22.7. The highest BCUT2D eigenvalue weighted by molar-refractivity contribution is 5.91. The number of ether oxygens (including phenoxy) is 2. The predicted molar refractivity (Wildman–Crippen MR) is 120 cm³/mol. The van der Waals surface area contributed by atoms with Crippen molar-refractivity contribution in [2.75, 3.05) is 43.0 Å². The van der Waals surface area contributed by atoms with Crippen molar-refractivity contribution in [1.29, 1.82) is 0 Å². The summed E-state index contributed by atoms with van der Waals surface area (Å²) in [5.41, 5.74) is 1.48. The number of nitrogens with zero attached hydrogens (tertiary/aromatic N) is 3. The van der Waals surface area contributed by atoms with Crippen molar-refractivity contribution < 1.29 is 23.5 Å². The first kappa shape index (κ1) is 22.1. The highest BCUT2D eigenvalue weighted by atomic mass is 19.1. The Balaban J connectivity index is 1.23. The van der Waals surface area contributed by atoms with E-state index in [-0.39, 0.29) is 23.9 Å². The number of cyclic esters (lactones) is 1. The van der Waals surface area contributed by atoms with Crippen molar-refractivity contribution in [2.24, 2.45) is 0 Å². The van der Waals surface area contributed by atoms with Gasteiger partial charge in [-0.3, -0.25) is 14.6 Å². The molecule has 170 valence electrons. The summed E-state index contributed by atoms with van der Waals surface area (Å²) in [5.74, 6) is 0.450. The van der Waals surface area contributed by atoms with Crippen LogP contribution in [0.1, 0.15) is 19.8 Å². The fraction of sp³-hybridized carbons (Fsp3) is 0.417. The summed E-state index contributed by atoms with van der Waals surface area (Å²) in [6, 6.07) is 13.4. The Labute approximate surface area is 187 Å². The maximum Gasteiger partial charge on any atom is 0.414 e. The van der Waals surface area contributed by atoms with Gasteiger partial charge < -0.3 is 14.4 Å². The van der Waals surface area contributed by atoms with E-state index < -0.39 is 6.09 Å². The molecule has 0 saturated carbocycles. The van der Waals surface area contributed by atoms with Crippen LogP contribution in [0.25, 0.3) is 0 Å². The number of anilines is 2. The number of carbonyl (C=O) groups excluding carboxylic acids is 2. The quantitative estimate of drug-likeness (QED) is 0.685. The highest BCUT2D eigenvalue weighted by Gasteiger charge is 2.34. The van der Waals surface area contributed by atoms with Crippen molar-refractivity contribution in [3.8, 4) is 5.75 Å². The number of hydrogen-bond donors (Lipinski definition) is 0. The molecule has 2 aromatic rings. The van der Waals surface area contributed by atoms with Crippen molar-refractivity contribution in [1.82, 2.24) is 4.90 Å². The lowest BCUT2D eigenvalue weighted by Gasteiger charge is -2.33. The van der Waals surface area contributed by atoms with E-state index in [1.165, 1.54) is 19.1 Å². The molecule has 2 fully saturated rings. The van der Waals surface area contributed by atoms with Gasteiger partial charge in [-0.2, -0.15) is 0 Å². The number of carbonyl (C=O) groups is 2. The fourth-order valence-electron chi connectivity index (χ4n) is 4.07. The third-order valence-corrected chi connectivity index (χ3v) is 6.01. The zero-order valence-corrected chi connectivity index (χ0v) is 18.4. The Bertz CT molecular complexity index is 943. The van der Waals surface area contributed by atoms with Crippen LogP contribution in [0.2, 0.25) is 0 Å². The number of likely N-dealkylation sites (tertiary alicyclic amines) is 1. The van der Waals surface area contributed by atoms with Gasteiger partial charge in [0.15, 0.2) is 0 Å². The summed E-state index contributed by atoms with van der Waals surface area (Å²) in [5, 5.41) is 0. The molecule has 2 aliphatic heterocycles. The minimum absolute atomic E-state index is 0.0141. The second kappa shape index (κ2) is 9.56. The number of halogens is 1. The normalized spacial score (nSPS) is 19.7. The van der Waals surface area contributed by atoms with Crippen LogP contribution in [0.3, 0.4) is 0 Å². The maximum absolute atomic E-state index is 13.1. The molecule has 2 amide bonds. The molecule has 0 bridgehead atoms. The standard InChI is InChI=1S/C24H28FN3O4/c1-17(29)26(2)19-7-9-21(10-8-19)31-22-11-13-27(14-12-22)15-23-16-28(24(30)32-23)20-5-3-18(25)4-6-20/h3-10,22-23H,11-16H2,1-2H3/t23-/m1/s1. The summed E-state index contributed by atoms with van der Waals surface area (Å²) >= 11 is 0. The average molecular weight is 442 g/mol. The van der Waals surface area contributed by atoms with E-state index in [2.05, 4.69) is 4.90 Å². The van der Waals surface area contributed by atoms with Gasteiger partial charge in [0.25, 0.3) is 0 Å². The second-order valence-electron chi connectivity index (χ2n) is 8.28. The van der Waals surface area contributed by atoms with E-state index in [0.29, 0.717) is 18.8 Å². The van der Waals surface area contributed by atoms with Crippen LogP contribution in [-0.2, 0) is 9.53 Å². The third-order valence-electron chi connectivity index (χ3n) is 6.01. The largest absolute Gasteiger partial charge is 0.490 e. The van der Waals surface area contributed by atoms with Crippen LogP contribution in [0.5, 0.6) is 5.75 Å². The van der Waals surface area contributed by atoms with Gasteiger partial charge in [-0.05, 0) is 61.4 Å². The van der Waals surface area contributed by atoms with Crippen molar-refractivity contribution in [2.45, 2.75) is 32.0 Å². The van der Waals surface area contributed by atoms with Crippen LogP contribution in [0.15, 0.2) is 48.5 Å². The summed E-state index contributed by atoms with van der Waals surface area (Å²) < 4.78 is 24.8. The van der Waals surface area contributed by atoms with Gasteiger partial charge in [0, 0.05) is 45.0 Å². The van der Waals surface area contributed by atoms with E-state index in [0.717, 1.165) is 37.4 Å². The van der Waals surface area contributed by atoms with Crippen LogP contribution in [0, 0.1) is 5.82 Å². The van der Waals surface area contributed by atoms with Crippen LogP contribution in [-0.4, -0.2) is 62.3 Å². The van der Waals surface area contributed by atoms with E-state index >= 15 is 0 Å². The Morgan fingerprint density at radius 1 is 1.12 bits per heavy atom. The van der Waals surface area contributed by atoms with E-state index in [9.17, 15) is 14.0 Å². The minimum Gasteiger partial charge on any atom is -0.490 e. The summed E-state index contributed by atoms with van der Waals surface area (Å²) in [4.78, 5) is 29.1. The molecular weight excluding hydrogens is 413 g/mol. The summed E-state index contributed by atoms with van der Waals surface area (Å²) in [6.07, 6.45) is 1.30. The zero-order valence-electron chi connectivity index (χ0n) is 18.4. The Kier molecular flexibility index (Phi) is 6.60. The molecule has 0 aliphatic carbocycles. The lowest BCUT2D eigenvalue weighted by molar-refractivity contribution is -0.116. The Morgan fingerprint density at radius 3 is 2.41 bits per heavy atom. The van der Waals surface area contributed by atoms with Gasteiger partial charge >= 0.3 is 6.09 Å². The summed E-state index contributed by atoms with van der Waals surface area (Å²) in [6.45, 7) is 4.38. The average Bonchev–Trinajstić information content (AvgIpc) is 3.15. The maximum atomic E-state index is 13.1. The van der Waals surface area contributed by atoms with Crippen molar-refractivity contribution in [3.63, 3.8) is 0 Å². The predicted octanol–water partition coefficient (Wildman–Crippen LogP) is 3.68. The van der Waals surface area contributed by atoms with Gasteiger partial charge in [-0.25, -0.2) is 9.18 Å². The number of rotatable bonds is 6. The number of benzene rings is 2. The fourth-order valence-corrected chi connectivity index (χ4v) is 4.07. The molecule has 0 unspecified atom stereocenters. The first-order valence-corrected chi connectivity index (χ1v) is 10.9. The molecule has 7 nitrogen and oxygen atoms in total. The van der Waals surface area contributed by atoms with Gasteiger partial charge in [-0.1, -0.05) is 0 Å². The van der Waals surface area contributed by atoms with E-state index in [4.69, 9.17) is 9.47 Å². The Hall–Kier alpha value is -3.13. The number of amides is 2. The molecule has 2 aromatic carbocycles. The van der Waals surface area contributed by atoms with E-state index in [1.54, 1.807) is 29.0 Å². The monoisotopic (exact) mass is 441 g/mol. The van der Waals surface area contributed by atoms with Crippen LogP contribution in [0.4, 0.5) is 20.6 Å². The molecule has 8 heteroatoms. The van der Waals surface area contributed by atoms with Crippen LogP contribution < -0.4 is 14.5 Å². The molecule has 2 aliphatic rings. The lowest BCUT2D eigenvalue weighted by Crippen LogP contribution is -2.42. The molecule has 0 N–H and O–H groups in total. The first-order valence-electron chi connectivity index (χ1n) is 10.9. The molecule has 2 saturated heterocycles. The smallest absolute Gasteiger partial charge is 0.414 e. The van der Waals surface area contributed by atoms with Crippen LogP contribution >= 0.6 is 0 Å². The molecule has 1 atom stereocenters. The van der Waals surface area contributed by atoms with Crippen molar-refractivity contribution in [3.05, 3.63) is 54.3 Å². The molecule has 0 spiro atoms. The number of hydrogen-bond acceptors (Lipinski definition) is 5. The molecule has 32 heavy (non-hydrogen) atoms. The molecule has 4 rings (SSSR count). The van der Waals surface area contributed by atoms with E-state index in [1.807, 2.05) is 24.3 Å². The highest BCUT2D eigenvalue weighted by Crippen LogP contribution is 2.25. The molecule has 0 aromatic heterocycles. The molecule has 2 heterocycles. The molecular formula is C24H28FN3O4. The minimum atomic E-state index is -0.390. The van der Waals surface area contributed by atoms with Gasteiger partial charge in [0.05, 0.1) is 6.54 Å². The SMILES string of the molecule is CC(=O)N(C)c1ccc(OC2CCN(C[C@@H]3CN(c4ccc(F)cc4)C(=O)O3)CC2)cc1. The second-order valence-corrected chi connectivity index (χ2v) is 8.28. The third kappa shape index (κ3) is 5.19. The lowest BCUT2D eigenvalue weighted by atomic mass is 10.1.